The second kappa shape index (κ2) is 22.7. The third-order valence-electron chi connectivity index (χ3n) is 3.53. The Bertz CT molecular complexity index is 388. The molecule has 0 saturated heterocycles. The molecule has 3 aliphatic rings. The number of allylic oxidation sites excluding steroid dienone is 8. The molecule has 0 nitrogen and oxygen atoms in total. The predicted molar refractivity (Wildman–Crippen MR) is 118 cm³/mol. The monoisotopic (exact) mass is 476 g/mol. The van der Waals surface area contributed by atoms with E-state index in [1.807, 2.05) is 6.88 Å². The molecule has 146 valence electrons. The van der Waals surface area contributed by atoms with Gasteiger partial charge in [-0.3, -0.25) is 12.2 Å². The molecule has 1 saturated carbocycles. The van der Waals surface area contributed by atoms with Crippen LogP contribution in [0, 0.1) is 26.0 Å². The summed E-state index contributed by atoms with van der Waals surface area (Å²) < 4.78 is 0. The standard InChI is InChI=1S/2C7H9.C6H11.CH3.2ClH.H2Si.Zr/c2*1-6-3-4-7(2)5-6;1-2-4-6-5-3-1;;;;;/h2*5H,3H2,1-2H3;1H,2-6H2;1H3;2*1H;1H2;/q4*-1;;;;. The summed E-state index contributed by atoms with van der Waals surface area (Å²) in [5.41, 5.74) is 5.44. The minimum atomic E-state index is 0. The Hall–Kier alpha value is 0.640. The molecule has 0 bridgehead atoms. The fourth-order valence-electron chi connectivity index (χ4n) is 2.40. The second-order valence-corrected chi connectivity index (χ2v) is 5.98. The van der Waals surface area contributed by atoms with Gasteiger partial charge >= 0.3 is 30.2 Å². The molecule has 3 aliphatic carbocycles. The molecule has 0 radical (unpaired) electrons. The van der Waals surface area contributed by atoms with Gasteiger partial charge in [-0.05, 0) is 0 Å². The van der Waals surface area contributed by atoms with Crippen molar-refractivity contribution in [3.63, 3.8) is 0 Å². The SMILES string of the molecule is CC1=[C-]CC(C)=C1.CC1=[C-]CC(C)=C1.Cl.Cl.[CH-]1CCCCC1.[CH3-].[SiH2]=[Zr]. The van der Waals surface area contributed by atoms with Gasteiger partial charge in [-0.15, -0.1) is 37.7 Å². The van der Waals surface area contributed by atoms with Crippen LogP contribution >= 0.6 is 24.8 Å². The van der Waals surface area contributed by atoms with Gasteiger partial charge in [0.2, 0.25) is 0 Å². The molecule has 1 fully saturated rings. The number of hydrogen-bond donors (Lipinski definition) is 0. The van der Waals surface area contributed by atoms with Crippen molar-refractivity contribution in [3.8, 4) is 0 Å². The molecule has 0 atom stereocenters. The van der Waals surface area contributed by atoms with Crippen molar-refractivity contribution in [2.45, 2.75) is 72.6 Å². The van der Waals surface area contributed by atoms with Gasteiger partial charge in [0.15, 0.2) is 0 Å². The molecule has 0 N–H and O–H groups in total. The summed E-state index contributed by atoms with van der Waals surface area (Å²) in [6, 6.07) is 0. The van der Waals surface area contributed by atoms with Crippen LogP contribution in [0.2, 0.25) is 0 Å². The molecule has 4 heteroatoms. The molecular formula is C21H36Cl2SiZr-4. The van der Waals surface area contributed by atoms with Crippen LogP contribution in [0.25, 0.3) is 0 Å². The molecule has 25 heavy (non-hydrogen) atoms. The van der Waals surface area contributed by atoms with E-state index in [-0.39, 0.29) is 32.2 Å². The molecule has 0 aromatic heterocycles. The Balaban J connectivity index is -0.000000119. The Labute approximate surface area is 187 Å². The first-order valence-electron chi connectivity index (χ1n) is 8.24. The molecule has 0 aromatic carbocycles. The zero-order chi connectivity index (χ0) is 16.8. The van der Waals surface area contributed by atoms with E-state index in [1.54, 1.807) is 23.3 Å². The quantitative estimate of drug-likeness (QED) is 0.268. The molecule has 0 spiro atoms. The average Bonchev–Trinajstić information content (AvgIpc) is 3.11. The Kier molecular flexibility index (Phi) is 30.2. The third-order valence-corrected chi connectivity index (χ3v) is 3.53. The maximum atomic E-state index is 3.19. The Morgan fingerprint density at radius 2 is 1.16 bits per heavy atom. The third kappa shape index (κ3) is 20.8. The van der Waals surface area contributed by atoms with Crippen molar-refractivity contribution >= 4 is 31.7 Å². The molecule has 0 unspecified atom stereocenters. The molecule has 3 rings (SSSR count). The molecule has 0 aliphatic heterocycles. The zero-order valence-corrected chi connectivity index (χ0v) is 22.2. The van der Waals surface area contributed by atoms with Gasteiger partial charge in [-0.25, -0.2) is 23.3 Å². The number of halogens is 2. The van der Waals surface area contributed by atoms with E-state index in [9.17, 15) is 0 Å². The van der Waals surface area contributed by atoms with Gasteiger partial charge in [0.1, 0.15) is 0 Å². The van der Waals surface area contributed by atoms with Crippen LogP contribution in [-0.4, -0.2) is 6.88 Å². The fraction of sp³-hybridized carbons (Fsp3) is 0.524. The number of hydrogen-bond acceptors (Lipinski definition) is 0. The molecular weight excluding hydrogens is 442 g/mol. The van der Waals surface area contributed by atoms with E-state index in [1.165, 1.54) is 54.4 Å². The van der Waals surface area contributed by atoms with Gasteiger partial charge in [0, 0.05) is 0 Å². The first-order chi connectivity index (χ1) is 10.6. The first-order valence-corrected chi connectivity index (χ1v) is 14.2. The van der Waals surface area contributed by atoms with Crippen molar-refractivity contribution in [1.29, 1.82) is 0 Å². The van der Waals surface area contributed by atoms with E-state index in [0.29, 0.717) is 0 Å². The van der Waals surface area contributed by atoms with E-state index in [2.05, 4.69) is 58.4 Å². The molecule has 0 heterocycles. The summed E-state index contributed by atoms with van der Waals surface area (Å²) in [5.74, 6) is 0. The summed E-state index contributed by atoms with van der Waals surface area (Å²) in [7, 11) is 0. The summed E-state index contributed by atoms with van der Waals surface area (Å²) >= 11 is 1.58. The van der Waals surface area contributed by atoms with Crippen molar-refractivity contribution in [2.24, 2.45) is 0 Å². The van der Waals surface area contributed by atoms with Gasteiger partial charge in [0.25, 0.3) is 0 Å². The van der Waals surface area contributed by atoms with Crippen molar-refractivity contribution in [1.82, 2.24) is 0 Å². The van der Waals surface area contributed by atoms with Crippen molar-refractivity contribution in [2.75, 3.05) is 0 Å². The molecule has 0 amide bonds. The minimum absolute atomic E-state index is 0. The van der Waals surface area contributed by atoms with Crippen LogP contribution in [-0.2, 0) is 23.3 Å². The van der Waals surface area contributed by atoms with Gasteiger partial charge in [-0.1, -0.05) is 47.0 Å². The van der Waals surface area contributed by atoms with Gasteiger partial charge < -0.3 is 13.8 Å². The summed E-state index contributed by atoms with van der Waals surface area (Å²) in [5, 5.41) is 0. The van der Waals surface area contributed by atoms with Crippen molar-refractivity contribution in [3.05, 3.63) is 60.4 Å². The molecule has 0 aromatic rings. The second-order valence-electron chi connectivity index (χ2n) is 5.98. The van der Waals surface area contributed by atoms with E-state index in [0.717, 1.165) is 12.8 Å². The maximum absolute atomic E-state index is 3.19. The van der Waals surface area contributed by atoms with E-state index < -0.39 is 0 Å². The Morgan fingerprint density at radius 3 is 1.24 bits per heavy atom. The van der Waals surface area contributed by atoms with Gasteiger partial charge in [-0.2, -0.15) is 24.0 Å². The first kappa shape index (κ1) is 33.2. The van der Waals surface area contributed by atoms with Crippen LogP contribution < -0.4 is 0 Å². The number of rotatable bonds is 0. The van der Waals surface area contributed by atoms with Crippen LogP contribution in [0.4, 0.5) is 0 Å². The predicted octanol–water partition coefficient (Wildman–Crippen LogP) is 6.70. The average molecular weight is 479 g/mol. The fourth-order valence-corrected chi connectivity index (χ4v) is 2.40. The zero-order valence-electron chi connectivity index (χ0n) is 16.7. The van der Waals surface area contributed by atoms with Crippen LogP contribution in [0.5, 0.6) is 0 Å². The van der Waals surface area contributed by atoms with Crippen LogP contribution in [0.15, 0.2) is 34.4 Å². The topological polar surface area (TPSA) is 0 Å². The summed E-state index contributed by atoms with van der Waals surface area (Å²) in [6.45, 7) is 10.4. The normalized spacial score (nSPS) is 16.6. The Morgan fingerprint density at radius 1 is 0.800 bits per heavy atom. The van der Waals surface area contributed by atoms with Crippen LogP contribution in [0.1, 0.15) is 72.6 Å². The van der Waals surface area contributed by atoms with E-state index >= 15 is 0 Å². The van der Waals surface area contributed by atoms with E-state index in [4.69, 9.17) is 0 Å². The van der Waals surface area contributed by atoms with Crippen LogP contribution in [0.3, 0.4) is 0 Å². The summed E-state index contributed by atoms with van der Waals surface area (Å²) in [4.78, 5) is 0. The summed E-state index contributed by atoms with van der Waals surface area (Å²) in [6.07, 6.45) is 22.3. The van der Waals surface area contributed by atoms with Gasteiger partial charge in [0.05, 0.1) is 0 Å². The van der Waals surface area contributed by atoms with Crippen molar-refractivity contribution < 1.29 is 23.3 Å².